The van der Waals surface area contributed by atoms with Gasteiger partial charge in [-0.25, -0.2) is 0 Å². The molecule has 0 amide bonds. The summed E-state index contributed by atoms with van der Waals surface area (Å²) in [5.41, 5.74) is 4.58. The number of aromatic nitrogens is 1. The first kappa shape index (κ1) is 19.9. The van der Waals surface area contributed by atoms with Crippen LogP contribution in [0.15, 0.2) is 72.8 Å². The fourth-order valence-corrected chi connectivity index (χ4v) is 4.70. The summed E-state index contributed by atoms with van der Waals surface area (Å²) < 4.78 is 11.4. The van der Waals surface area contributed by atoms with E-state index in [1.165, 1.54) is 5.56 Å². The average Bonchev–Trinajstić information content (AvgIpc) is 3.17. The number of methoxy groups -OCH3 is 1. The number of para-hydroxylation sites is 1. The second-order valence-electron chi connectivity index (χ2n) is 7.51. The van der Waals surface area contributed by atoms with Crippen molar-refractivity contribution in [3.8, 4) is 11.5 Å². The zero-order valence-electron chi connectivity index (χ0n) is 17.0. The van der Waals surface area contributed by atoms with Crippen molar-refractivity contribution in [2.45, 2.75) is 12.5 Å². The molecule has 0 radical (unpaired) electrons. The number of aromatic amines is 1. The number of hydrogen-bond donors (Lipinski definition) is 1. The van der Waals surface area contributed by atoms with Gasteiger partial charge in [0.15, 0.2) is 0 Å². The highest BCUT2D eigenvalue weighted by atomic mass is 35.5. The summed E-state index contributed by atoms with van der Waals surface area (Å²) in [4.78, 5) is 5.76. The molecule has 156 valence electrons. The van der Waals surface area contributed by atoms with Crippen molar-refractivity contribution in [3.63, 3.8) is 0 Å². The first-order valence-electron chi connectivity index (χ1n) is 10.1. The maximum absolute atomic E-state index is 6.30. The van der Waals surface area contributed by atoms with Gasteiger partial charge in [-0.05, 0) is 72.2 Å². The molecule has 4 nitrogen and oxygen atoms in total. The zero-order chi connectivity index (χ0) is 21.4. The number of hydrogen-bond acceptors (Lipinski definition) is 3. The Balaban J connectivity index is 1.59. The fourth-order valence-electron chi connectivity index (χ4n) is 4.24. The van der Waals surface area contributed by atoms with Crippen molar-refractivity contribution in [1.29, 1.82) is 0 Å². The molecule has 0 aliphatic carbocycles. The summed E-state index contributed by atoms with van der Waals surface area (Å²) in [7, 11) is 1.67. The molecule has 0 saturated carbocycles. The molecule has 1 atom stereocenters. The smallest absolute Gasteiger partial charge is 0.265 e. The van der Waals surface area contributed by atoms with Gasteiger partial charge < -0.3 is 19.4 Å². The van der Waals surface area contributed by atoms with Gasteiger partial charge in [0.25, 0.3) is 5.17 Å². The monoisotopic (exact) mass is 448 g/mol. The number of thiocarbonyl (C=S) groups is 1. The molecule has 1 aliphatic rings. The van der Waals surface area contributed by atoms with E-state index in [9.17, 15) is 0 Å². The summed E-state index contributed by atoms with van der Waals surface area (Å²) in [6.45, 7) is 0.745. The fraction of sp³-hybridized carbons (Fsp3) is 0.160. The first-order chi connectivity index (χ1) is 15.1. The van der Waals surface area contributed by atoms with Crippen molar-refractivity contribution >= 4 is 39.9 Å². The Bertz CT molecular complexity index is 1240. The minimum absolute atomic E-state index is 0.1000. The summed E-state index contributed by atoms with van der Waals surface area (Å²) in [5.74, 6) is 1.55. The summed E-state index contributed by atoms with van der Waals surface area (Å²) in [6.07, 6.45) is 0.848. The molecule has 2 heterocycles. The van der Waals surface area contributed by atoms with Crippen LogP contribution in [0.4, 0.5) is 0 Å². The van der Waals surface area contributed by atoms with Gasteiger partial charge in [-0.15, -0.1) is 0 Å². The lowest BCUT2D eigenvalue weighted by Gasteiger charge is -2.37. The Labute approximate surface area is 191 Å². The van der Waals surface area contributed by atoms with E-state index in [0.29, 0.717) is 5.17 Å². The summed E-state index contributed by atoms with van der Waals surface area (Å²) in [5, 5.41) is 2.35. The normalized spacial score (nSPS) is 15.5. The molecule has 1 aliphatic heterocycles. The molecule has 0 bridgehead atoms. The third kappa shape index (κ3) is 3.75. The van der Waals surface area contributed by atoms with E-state index >= 15 is 0 Å². The number of nitrogens with one attached hydrogen (secondary N) is 1. The first-order valence-corrected chi connectivity index (χ1v) is 10.9. The van der Waals surface area contributed by atoms with Crippen LogP contribution < -0.4 is 9.47 Å². The second-order valence-corrected chi connectivity index (χ2v) is 8.29. The number of benzene rings is 3. The third-order valence-corrected chi connectivity index (χ3v) is 6.26. The van der Waals surface area contributed by atoms with Crippen LogP contribution in [0, 0.1) is 0 Å². The molecular formula is C25H21ClN2O2S. The Morgan fingerprint density at radius 1 is 1.03 bits per heavy atom. The Hall–Kier alpha value is -3.02. The predicted molar refractivity (Wildman–Crippen MR) is 128 cm³/mol. The van der Waals surface area contributed by atoms with Crippen molar-refractivity contribution in [1.82, 2.24) is 9.88 Å². The molecule has 0 spiro atoms. The van der Waals surface area contributed by atoms with Gasteiger partial charge in [0.2, 0.25) is 0 Å². The molecule has 5 rings (SSSR count). The topological polar surface area (TPSA) is 37.5 Å². The van der Waals surface area contributed by atoms with E-state index in [4.69, 9.17) is 33.3 Å². The Morgan fingerprint density at radius 2 is 1.81 bits per heavy atom. The van der Waals surface area contributed by atoms with Crippen molar-refractivity contribution in [2.75, 3.05) is 13.7 Å². The van der Waals surface area contributed by atoms with Crippen LogP contribution in [0.2, 0.25) is 5.02 Å². The molecule has 6 heteroatoms. The molecule has 4 aromatic rings. The molecule has 1 unspecified atom stereocenters. The summed E-state index contributed by atoms with van der Waals surface area (Å²) in [6, 6.07) is 23.6. The van der Waals surface area contributed by atoms with E-state index in [1.54, 1.807) is 7.11 Å². The third-order valence-electron chi connectivity index (χ3n) is 5.70. The lowest BCUT2D eigenvalue weighted by atomic mass is 9.93. The van der Waals surface area contributed by atoms with Crippen LogP contribution in [-0.2, 0) is 6.42 Å². The van der Waals surface area contributed by atoms with Gasteiger partial charge in [0, 0.05) is 28.2 Å². The highest BCUT2D eigenvalue weighted by molar-refractivity contribution is 7.80. The lowest BCUT2D eigenvalue weighted by Crippen LogP contribution is -2.42. The van der Waals surface area contributed by atoms with Crippen LogP contribution in [-0.4, -0.2) is 28.7 Å². The van der Waals surface area contributed by atoms with Crippen LogP contribution in [0.25, 0.3) is 10.9 Å². The van der Waals surface area contributed by atoms with E-state index < -0.39 is 0 Å². The lowest BCUT2D eigenvalue weighted by molar-refractivity contribution is 0.289. The molecule has 3 aromatic carbocycles. The standard InChI is InChI=1S/C25H21ClN2O2S/c1-29-18-10-7-16(8-11-18)24-23-20(21-15-17(26)9-12-22(21)27-23)13-14-28(24)25(31)30-19-5-3-2-4-6-19/h2-12,15,24,27H,13-14H2,1H3. The quantitative estimate of drug-likeness (QED) is 0.382. The van der Waals surface area contributed by atoms with Crippen molar-refractivity contribution < 1.29 is 9.47 Å². The largest absolute Gasteiger partial charge is 0.497 e. The van der Waals surface area contributed by atoms with E-state index in [-0.39, 0.29) is 6.04 Å². The minimum Gasteiger partial charge on any atom is -0.497 e. The highest BCUT2D eigenvalue weighted by Gasteiger charge is 2.34. The van der Waals surface area contributed by atoms with E-state index in [1.807, 2.05) is 60.7 Å². The summed E-state index contributed by atoms with van der Waals surface area (Å²) >= 11 is 12.1. The van der Waals surface area contributed by atoms with Gasteiger partial charge in [0.1, 0.15) is 11.5 Å². The zero-order valence-corrected chi connectivity index (χ0v) is 18.5. The molecule has 0 saturated heterocycles. The van der Waals surface area contributed by atoms with Crippen molar-refractivity contribution in [2.24, 2.45) is 0 Å². The van der Waals surface area contributed by atoms with Gasteiger partial charge in [-0.1, -0.05) is 41.9 Å². The van der Waals surface area contributed by atoms with Crippen LogP contribution in [0.3, 0.4) is 0 Å². The van der Waals surface area contributed by atoms with Gasteiger partial charge in [-0.3, -0.25) is 0 Å². The number of halogens is 1. The molecular weight excluding hydrogens is 428 g/mol. The predicted octanol–water partition coefficient (Wildman–Crippen LogP) is 6.14. The van der Waals surface area contributed by atoms with E-state index in [2.05, 4.69) is 22.0 Å². The number of rotatable bonds is 3. The Morgan fingerprint density at radius 3 is 2.55 bits per heavy atom. The molecule has 1 aromatic heterocycles. The van der Waals surface area contributed by atoms with Crippen LogP contribution in [0.5, 0.6) is 11.5 Å². The molecule has 1 N–H and O–H groups in total. The number of nitrogens with zero attached hydrogens (tertiary/aromatic N) is 1. The Kier molecular flexibility index (Phi) is 5.30. The molecule has 31 heavy (non-hydrogen) atoms. The number of H-pyrrole nitrogens is 1. The number of fused-ring (bicyclic) bond motifs is 3. The van der Waals surface area contributed by atoms with E-state index in [0.717, 1.165) is 51.6 Å². The molecule has 0 fully saturated rings. The van der Waals surface area contributed by atoms with Crippen LogP contribution in [0.1, 0.15) is 22.9 Å². The highest BCUT2D eigenvalue weighted by Crippen LogP contribution is 2.40. The maximum atomic E-state index is 6.30. The number of ether oxygens (including phenoxy) is 2. The van der Waals surface area contributed by atoms with Crippen molar-refractivity contribution in [3.05, 3.63) is 94.6 Å². The second kappa shape index (κ2) is 8.25. The minimum atomic E-state index is -0.1000. The maximum Gasteiger partial charge on any atom is 0.265 e. The van der Waals surface area contributed by atoms with Gasteiger partial charge in [0.05, 0.1) is 13.2 Å². The SMILES string of the molecule is COc1ccc(C2c3[nH]c4ccc(Cl)cc4c3CCN2C(=S)Oc2ccccc2)cc1. The van der Waals surface area contributed by atoms with Gasteiger partial charge >= 0.3 is 0 Å². The van der Waals surface area contributed by atoms with Gasteiger partial charge in [-0.2, -0.15) is 0 Å². The average molecular weight is 449 g/mol. The van der Waals surface area contributed by atoms with Crippen LogP contribution >= 0.6 is 23.8 Å².